The van der Waals surface area contributed by atoms with Gasteiger partial charge in [0.1, 0.15) is 18.2 Å². The second kappa shape index (κ2) is 6.25. The number of halogens is 2. The van der Waals surface area contributed by atoms with Gasteiger partial charge in [-0.2, -0.15) is 0 Å². The molecule has 0 radical (unpaired) electrons. The van der Waals surface area contributed by atoms with Crippen LogP contribution in [0.15, 0.2) is 36.4 Å². The van der Waals surface area contributed by atoms with Crippen LogP contribution in [0.4, 0.5) is 4.39 Å². The van der Waals surface area contributed by atoms with E-state index in [1.807, 2.05) is 25.1 Å². The molecule has 0 aromatic heterocycles. The molecule has 0 bridgehead atoms. The maximum Gasteiger partial charge on any atom is 0.124 e. The molecule has 0 amide bonds. The SMILES string of the molecule is Cc1ccc(COc2ccc(F)cc2[C@H](C)N)c(Cl)c1. The van der Waals surface area contributed by atoms with Gasteiger partial charge in [-0.05, 0) is 43.7 Å². The normalized spacial score (nSPS) is 12.2. The number of ether oxygens (including phenoxy) is 1. The molecular weight excluding hydrogens is 277 g/mol. The lowest BCUT2D eigenvalue weighted by molar-refractivity contribution is 0.301. The van der Waals surface area contributed by atoms with Gasteiger partial charge in [0, 0.05) is 22.2 Å². The first kappa shape index (κ1) is 14.8. The molecule has 106 valence electrons. The third-order valence-corrected chi connectivity index (χ3v) is 3.41. The Morgan fingerprint density at radius 2 is 2.00 bits per heavy atom. The van der Waals surface area contributed by atoms with Crippen molar-refractivity contribution in [3.8, 4) is 5.75 Å². The molecule has 0 saturated carbocycles. The smallest absolute Gasteiger partial charge is 0.124 e. The molecule has 0 spiro atoms. The van der Waals surface area contributed by atoms with Gasteiger partial charge in [0.05, 0.1) is 0 Å². The summed E-state index contributed by atoms with van der Waals surface area (Å²) in [6.07, 6.45) is 0. The summed E-state index contributed by atoms with van der Waals surface area (Å²) in [6, 6.07) is 9.84. The maximum absolute atomic E-state index is 13.2. The second-order valence-electron chi connectivity index (χ2n) is 4.85. The van der Waals surface area contributed by atoms with E-state index in [4.69, 9.17) is 22.1 Å². The van der Waals surface area contributed by atoms with Crippen LogP contribution in [-0.4, -0.2) is 0 Å². The summed E-state index contributed by atoms with van der Waals surface area (Å²) in [6.45, 7) is 4.09. The van der Waals surface area contributed by atoms with Crippen molar-refractivity contribution in [2.45, 2.75) is 26.5 Å². The van der Waals surface area contributed by atoms with Crippen LogP contribution in [0.25, 0.3) is 0 Å². The average Bonchev–Trinajstić information content (AvgIpc) is 2.38. The van der Waals surface area contributed by atoms with Gasteiger partial charge in [-0.25, -0.2) is 4.39 Å². The minimum Gasteiger partial charge on any atom is -0.489 e. The zero-order valence-electron chi connectivity index (χ0n) is 11.5. The van der Waals surface area contributed by atoms with Gasteiger partial charge >= 0.3 is 0 Å². The summed E-state index contributed by atoms with van der Waals surface area (Å²) >= 11 is 6.16. The summed E-state index contributed by atoms with van der Waals surface area (Å²) < 4.78 is 19.0. The van der Waals surface area contributed by atoms with Crippen LogP contribution in [0, 0.1) is 12.7 Å². The fraction of sp³-hybridized carbons (Fsp3) is 0.250. The van der Waals surface area contributed by atoms with Gasteiger partial charge in [0.25, 0.3) is 0 Å². The first-order valence-corrected chi connectivity index (χ1v) is 6.78. The molecular formula is C16H17ClFNO. The third kappa shape index (κ3) is 3.50. The Hall–Kier alpha value is -1.58. The predicted octanol–water partition coefficient (Wildman–Crippen LogP) is 4.39. The van der Waals surface area contributed by atoms with Crippen molar-refractivity contribution in [3.05, 3.63) is 63.9 Å². The maximum atomic E-state index is 13.2. The minimum atomic E-state index is -0.321. The number of rotatable bonds is 4. The number of hydrogen-bond donors (Lipinski definition) is 1. The van der Waals surface area contributed by atoms with Crippen molar-refractivity contribution in [1.29, 1.82) is 0 Å². The summed E-state index contributed by atoms with van der Waals surface area (Å²) in [7, 11) is 0. The highest BCUT2D eigenvalue weighted by Crippen LogP contribution is 2.27. The standard InChI is InChI=1S/C16H17ClFNO/c1-10-3-4-12(15(17)7-10)9-20-16-6-5-13(18)8-14(16)11(2)19/h3-8,11H,9,19H2,1-2H3/t11-/m0/s1. The topological polar surface area (TPSA) is 35.2 Å². The lowest BCUT2D eigenvalue weighted by atomic mass is 10.1. The molecule has 0 saturated heterocycles. The first-order chi connectivity index (χ1) is 9.47. The summed E-state index contributed by atoms with van der Waals surface area (Å²) in [5.74, 6) is 0.260. The summed E-state index contributed by atoms with van der Waals surface area (Å²) in [4.78, 5) is 0. The van der Waals surface area contributed by atoms with E-state index in [-0.39, 0.29) is 11.9 Å². The van der Waals surface area contributed by atoms with Gasteiger partial charge in [0.2, 0.25) is 0 Å². The molecule has 20 heavy (non-hydrogen) atoms. The molecule has 0 aliphatic carbocycles. The van der Waals surface area contributed by atoms with E-state index in [0.29, 0.717) is 22.9 Å². The Labute approximate surface area is 123 Å². The van der Waals surface area contributed by atoms with Gasteiger partial charge in [-0.15, -0.1) is 0 Å². The van der Waals surface area contributed by atoms with Crippen molar-refractivity contribution < 1.29 is 9.13 Å². The molecule has 0 aliphatic heterocycles. The summed E-state index contributed by atoms with van der Waals surface area (Å²) in [5, 5.41) is 0.662. The Kier molecular flexibility index (Phi) is 4.63. The van der Waals surface area contributed by atoms with Crippen LogP contribution < -0.4 is 10.5 Å². The average molecular weight is 294 g/mol. The van der Waals surface area contributed by atoms with Crippen molar-refractivity contribution >= 4 is 11.6 Å². The van der Waals surface area contributed by atoms with Crippen LogP contribution in [0.3, 0.4) is 0 Å². The van der Waals surface area contributed by atoms with Crippen LogP contribution in [-0.2, 0) is 6.61 Å². The number of aryl methyl sites for hydroxylation is 1. The van der Waals surface area contributed by atoms with Crippen LogP contribution >= 0.6 is 11.6 Å². The van der Waals surface area contributed by atoms with E-state index in [1.165, 1.54) is 12.1 Å². The Balaban J connectivity index is 2.18. The number of nitrogens with two attached hydrogens (primary N) is 1. The van der Waals surface area contributed by atoms with E-state index < -0.39 is 0 Å². The molecule has 1 atom stereocenters. The quantitative estimate of drug-likeness (QED) is 0.907. The molecule has 2 N–H and O–H groups in total. The highest BCUT2D eigenvalue weighted by molar-refractivity contribution is 6.31. The lowest BCUT2D eigenvalue weighted by Gasteiger charge is -2.15. The van der Waals surface area contributed by atoms with Gasteiger partial charge in [0.15, 0.2) is 0 Å². The van der Waals surface area contributed by atoms with E-state index >= 15 is 0 Å². The van der Waals surface area contributed by atoms with Crippen LogP contribution in [0.5, 0.6) is 5.75 Å². The van der Waals surface area contributed by atoms with Crippen molar-refractivity contribution in [1.82, 2.24) is 0 Å². The summed E-state index contributed by atoms with van der Waals surface area (Å²) in [5.41, 5.74) is 8.46. The monoisotopic (exact) mass is 293 g/mol. The largest absolute Gasteiger partial charge is 0.489 e. The van der Waals surface area contributed by atoms with Gasteiger partial charge in [-0.1, -0.05) is 23.7 Å². The third-order valence-electron chi connectivity index (χ3n) is 3.05. The molecule has 2 rings (SSSR count). The van der Waals surface area contributed by atoms with E-state index in [9.17, 15) is 4.39 Å². The Morgan fingerprint density at radius 3 is 2.65 bits per heavy atom. The highest BCUT2D eigenvalue weighted by Gasteiger charge is 2.10. The molecule has 2 nitrogen and oxygen atoms in total. The zero-order chi connectivity index (χ0) is 14.7. The van der Waals surface area contributed by atoms with Gasteiger partial charge in [-0.3, -0.25) is 0 Å². The Bertz CT molecular complexity index is 613. The molecule has 0 fully saturated rings. The second-order valence-corrected chi connectivity index (χ2v) is 5.26. The number of benzene rings is 2. The predicted molar refractivity (Wildman–Crippen MR) is 79.5 cm³/mol. The molecule has 0 unspecified atom stereocenters. The number of hydrogen-bond acceptors (Lipinski definition) is 2. The molecule has 2 aromatic rings. The van der Waals surface area contributed by atoms with Crippen molar-refractivity contribution in [3.63, 3.8) is 0 Å². The lowest BCUT2D eigenvalue weighted by Crippen LogP contribution is -2.08. The van der Waals surface area contributed by atoms with Gasteiger partial charge < -0.3 is 10.5 Å². The molecule has 2 aromatic carbocycles. The van der Waals surface area contributed by atoms with Crippen molar-refractivity contribution in [2.75, 3.05) is 0 Å². The highest BCUT2D eigenvalue weighted by atomic mass is 35.5. The minimum absolute atomic E-state index is 0.297. The Morgan fingerprint density at radius 1 is 1.25 bits per heavy atom. The van der Waals surface area contributed by atoms with Crippen LogP contribution in [0.1, 0.15) is 29.7 Å². The van der Waals surface area contributed by atoms with Crippen LogP contribution in [0.2, 0.25) is 5.02 Å². The van der Waals surface area contributed by atoms with E-state index in [2.05, 4.69) is 0 Å². The van der Waals surface area contributed by atoms with E-state index in [1.54, 1.807) is 13.0 Å². The zero-order valence-corrected chi connectivity index (χ0v) is 12.2. The van der Waals surface area contributed by atoms with E-state index in [0.717, 1.165) is 11.1 Å². The molecule has 0 heterocycles. The fourth-order valence-corrected chi connectivity index (χ4v) is 2.22. The molecule has 4 heteroatoms. The fourth-order valence-electron chi connectivity index (χ4n) is 1.93. The van der Waals surface area contributed by atoms with Crippen molar-refractivity contribution in [2.24, 2.45) is 5.73 Å². The first-order valence-electron chi connectivity index (χ1n) is 6.40. The molecule has 0 aliphatic rings.